The zero-order valence-electron chi connectivity index (χ0n) is 13.7. The Morgan fingerprint density at radius 3 is 2.48 bits per heavy atom. The number of hydrogen-bond donors (Lipinski definition) is 0. The first kappa shape index (κ1) is 15.3. The predicted molar refractivity (Wildman–Crippen MR) is 98.4 cm³/mol. The van der Waals surface area contributed by atoms with Crippen LogP contribution < -0.4 is 0 Å². The fourth-order valence-corrected chi connectivity index (χ4v) is 2.80. The largest absolute Gasteiger partial charge is 0.378 e. The van der Waals surface area contributed by atoms with E-state index in [2.05, 4.69) is 66.5 Å². The zero-order chi connectivity index (χ0) is 16.1. The third kappa shape index (κ3) is 3.78. The van der Waals surface area contributed by atoms with E-state index in [-0.39, 0.29) is 0 Å². The molecule has 0 saturated carbocycles. The van der Waals surface area contributed by atoms with Crippen molar-refractivity contribution in [3.05, 3.63) is 89.6 Å². The van der Waals surface area contributed by atoms with Crippen LogP contribution in [0.15, 0.2) is 83.5 Å². The predicted octanol–water partition coefficient (Wildman–Crippen LogP) is 4.73. The summed E-state index contributed by atoms with van der Waals surface area (Å²) in [5, 5.41) is 0. The van der Waals surface area contributed by atoms with E-state index in [9.17, 15) is 0 Å². The lowest BCUT2D eigenvalue weighted by Crippen LogP contribution is -2.08. The molecule has 2 nitrogen and oxygen atoms in total. The molecule has 116 valence electrons. The molecule has 1 atom stereocenters. The second-order valence-electron chi connectivity index (χ2n) is 5.92. The lowest BCUT2D eigenvalue weighted by atomic mass is 9.94. The number of aliphatic imine (C=N–C) groups is 1. The number of likely N-dealkylation sites (N-methyl/N-ethyl adjacent to an activating group) is 1. The Hall–Kier alpha value is -2.61. The number of nitrogens with zero attached hydrogens (tertiary/aromatic N) is 2. The van der Waals surface area contributed by atoms with Crippen LogP contribution in [0, 0.1) is 0 Å². The van der Waals surface area contributed by atoms with Gasteiger partial charge in [0.2, 0.25) is 0 Å². The van der Waals surface area contributed by atoms with Crippen molar-refractivity contribution in [2.45, 2.75) is 12.3 Å². The molecule has 1 unspecified atom stereocenters. The standard InChI is InChI=1S/C21H22N2/c1-23(2)20-13-12-18(16-20)21-11-7-6-8-17(21)14-15-22-19-9-4-3-5-10-19/h3-13,15-16,18H,14H2,1-2H3. The number of benzene rings is 2. The van der Waals surface area contributed by atoms with Crippen LogP contribution in [-0.4, -0.2) is 25.2 Å². The van der Waals surface area contributed by atoms with Crippen LogP contribution >= 0.6 is 0 Å². The molecule has 0 amide bonds. The number of hydrogen-bond acceptors (Lipinski definition) is 2. The molecule has 23 heavy (non-hydrogen) atoms. The first-order valence-electron chi connectivity index (χ1n) is 7.97. The maximum Gasteiger partial charge on any atom is 0.0625 e. The monoisotopic (exact) mass is 302 g/mol. The zero-order valence-corrected chi connectivity index (χ0v) is 13.7. The lowest BCUT2D eigenvalue weighted by molar-refractivity contribution is 0.530. The molecule has 3 rings (SSSR count). The molecular formula is C21H22N2. The van der Waals surface area contributed by atoms with E-state index < -0.39 is 0 Å². The number of rotatable bonds is 5. The molecule has 0 saturated heterocycles. The summed E-state index contributed by atoms with van der Waals surface area (Å²) in [5.41, 5.74) is 4.96. The van der Waals surface area contributed by atoms with E-state index in [0.29, 0.717) is 5.92 Å². The van der Waals surface area contributed by atoms with Gasteiger partial charge in [-0.3, -0.25) is 4.99 Å². The van der Waals surface area contributed by atoms with Crippen LogP contribution in [0.1, 0.15) is 17.0 Å². The van der Waals surface area contributed by atoms with E-state index in [1.807, 2.05) is 36.5 Å². The Kier molecular flexibility index (Phi) is 4.72. The Morgan fingerprint density at radius 1 is 1.00 bits per heavy atom. The molecule has 0 aromatic heterocycles. The molecule has 2 aromatic carbocycles. The highest BCUT2D eigenvalue weighted by Crippen LogP contribution is 2.29. The van der Waals surface area contributed by atoms with Gasteiger partial charge < -0.3 is 4.90 Å². The van der Waals surface area contributed by atoms with Gasteiger partial charge in [0, 0.05) is 38.3 Å². The Morgan fingerprint density at radius 2 is 1.74 bits per heavy atom. The first-order chi connectivity index (χ1) is 11.2. The first-order valence-corrected chi connectivity index (χ1v) is 7.97. The van der Waals surface area contributed by atoms with E-state index in [1.165, 1.54) is 16.8 Å². The summed E-state index contributed by atoms with van der Waals surface area (Å²) in [6, 6.07) is 18.7. The maximum atomic E-state index is 4.55. The molecule has 0 N–H and O–H groups in total. The molecule has 0 aliphatic heterocycles. The van der Waals surface area contributed by atoms with Gasteiger partial charge in [-0.05, 0) is 35.4 Å². The summed E-state index contributed by atoms with van der Waals surface area (Å²) in [7, 11) is 4.16. The smallest absolute Gasteiger partial charge is 0.0625 e. The fraction of sp³-hybridized carbons (Fsp3) is 0.190. The summed E-state index contributed by atoms with van der Waals surface area (Å²) < 4.78 is 0. The van der Waals surface area contributed by atoms with Gasteiger partial charge in [0.25, 0.3) is 0 Å². The quantitative estimate of drug-likeness (QED) is 0.729. The second-order valence-corrected chi connectivity index (χ2v) is 5.92. The molecule has 2 aromatic rings. The molecule has 0 heterocycles. The van der Waals surface area contributed by atoms with Gasteiger partial charge in [0.1, 0.15) is 0 Å². The molecule has 0 bridgehead atoms. The summed E-state index contributed by atoms with van der Waals surface area (Å²) in [6.45, 7) is 0. The van der Waals surface area contributed by atoms with E-state index in [0.717, 1.165) is 12.1 Å². The molecule has 0 fully saturated rings. The Balaban J connectivity index is 1.77. The maximum absolute atomic E-state index is 4.55. The lowest BCUT2D eigenvalue weighted by Gasteiger charge is -2.13. The number of allylic oxidation sites excluding steroid dienone is 3. The van der Waals surface area contributed by atoms with Crippen molar-refractivity contribution >= 4 is 11.9 Å². The summed E-state index contributed by atoms with van der Waals surface area (Å²) in [6.07, 6.45) is 9.62. The summed E-state index contributed by atoms with van der Waals surface area (Å²) in [5.74, 6) is 0.355. The van der Waals surface area contributed by atoms with Crippen LogP contribution in [0.5, 0.6) is 0 Å². The SMILES string of the molecule is CN(C)C1=CC(c2ccccc2CC=Nc2ccccc2)C=C1. The van der Waals surface area contributed by atoms with Crippen molar-refractivity contribution in [1.82, 2.24) is 4.90 Å². The number of para-hydroxylation sites is 1. The third-order valence-corrected chi connectivity index (χ3v) is 4.06. The van der Waals surface area contributed by atoms with Gasteiger partial charge in [-0.15, -0.1) is 0 Å². The third-order valence-electron chi connectivity index (χ3n) is 4.06. The molecule has 1 aliphatic rings. The minimum absolute atomic E-state index is 0.355. The van der Waals surface area contributed by atoms with Gasteiger partial charge in [-0.25, -0.2) is 0 Å². The summed E-state index contributed by atoms with van der Waals surface area (Å²) in [4.78, 5) is 6.69. The highest BCUT2D eigenvalue weighted by atomic mass is 15.1. The molecule has 2 heteroatoms. The summed E-state index contributed by atoms with van der Waals surface area (Å²) >= 11 is 0. The van der Waals surface area contributed by atoms with Gasteiger partial charge in [-0.1, -0.05) is 48.5 Å². The van der Waals surface area contributed by atoms with Gasteiger partial charge in [0.05, 0.1) is 5.69 Å². The van der Waals surface area contributed by atoms with Crippen molar-refractivity contribution in [2.24, 2.45) is 4.99 Å². The minimum atomic E-state index is 0.355. The Labute approximate surface area is 138 Å². The van der Waals surface area contributed by atoms with Crippen molar-refractivity contribution in [1.29, 1.82) is 0 Å². The Bertz CT molecular complexity index is 739. The van der Waals surface area contributed by atoms with Crippen LogP contribution in [0.25, 0.3) is 0 Å². The van der Waals surface area contributed by atoms with Crippen LogP contribution in [0.2, 0.25) is 0 Å². The van der Waals surface area contributed by atoms with Crippen molar-refractivity contribution in [3.63, 3.8) is 0 Å². The van der Waals surface area contributed by atoms with Crippen LogP contribution in [0.4, 0.5) is 5.69 Å². The fourth-order valence-electron chi connectivity index (χ4n) is 2.80. The van der Waals surface area contributed by atoms with Crippen LogP contribution in [0.3, 0.4) is 0 Å². The van der Waals surface area contributed by atoms with Gasteiger partial charge in [-0.2, -0.15) is 0 Å². The van der Waals surface area contributed by atoms with E-state index in [1.54, 1.807) is 0 Å². The second kappa shape index (κ2) is 7.10. The highest BCUT2D eigenvalue weighted by molar-refractivity contribution is 5.67. The topological polar surface area (TPSA) is 15.6 Å². The van der Waals surface area contributed by atoms with Crippen molar-refractivity contribution < 1.29 is 0 Å². The molecule has 1 aliphatic carbocycles. The average molecular weight is 302 g/mol. The van der Waals surface area contributed by atoms with Gasteiger partial charge in [0.15, 0.2) is 0 Å². The average Bonchev–Trinajstić information content (AvgIpc) is 3.06. The van der Waals surface area contributed by atoms with Crippen molar-refractivity contribution in [3.8, 4) is 0 Å². The van der Waals surface area contributed by atoms with E-state index >= 15 is 0 Å². The van der Waals surface area contributed by atoms with Crippen molar-refractivity contribution in [2.75, 3.05) is 14.1 Å². The molecule has 0 radical (unpaired) electrons. The normalized spacial score (nSPS) is 16.8. The molecular weight excluding hydrogens is 280 g/mol. The highest BCUT2D eigenvalue weighted by Gasteiger charge is 2.15. The van der Waals surface area contributed by atoms with Gasteiger partial charge >= 0.3 is 0 Å². The molecule has 0 spiro atoms. The van der Waals surface area contributed by atoms with Crippen LogP contribution in [-0.2, 0) is 6.42 Å². The van der Waals surface area contributed by atoms with E-state index in [4.69, 9.17) is 0 Å². The minimum Gasteiger partial charge on any atom is -0.378 e.